The Kier molecular flexibility index (Phi) is 4.71. The number of aromatic nitrogens is 2. The van der Waals surface area contributed by atoms with Crippen LogP contribution in [-0.2, 0) is 12.8 Å². The van der Waals surface area contributed by atoms with Crippen molar-refractivity contribution < 1.29 is 5.11 Å². The fourth-order valence-electron chi connectivity index (χ4n) is 1.93. The Balaban J connectivity index is 2.46. The normalized spacial score (nSPS) is 12.8. The van der Waals surface area contributed by atoms with Crippen LogP contribution >= 0.6 is 11.3 Å². The van der Waals surface area contributed by atoms with Crippen molar-refractivity contribution in [1.82, 2.24) is 9.97 Å². The number of thiophene rings is 1. The van der Waals surface area contributed by atoms with Crippen LogP contribution in [0.1, 0.15) is 37.9 Å². The van der Waals surface area contributed by atoms with E-state index in [1.165, 1.54) is 4.88 Å². The average Bonchev–Trinajstić information content (AvgIpc) is 2.87. The van der Waals surface area contributed by atoms with Gasteiger partial charge in [0, 0.05) is 11.3 Å². The molecule has 0 spiro atoms. The van der Waals surface area contributed by atoms with E-state index in [4.69, 9.17) is 0 Å². The maximum atomic E-state index is 9.33. The molecule has 2 aromatic heterocycles. The van der Waals surface area contributed by atoms with E-state index in [-0.39, 0.29) is 12.6 Å². The molecule has 0 aliphatic heterocycles. The van der Waals surface area contributed by atoms with Gasteiger partial charge in [-0.15, -0.1) is 11.3 Å². The largest absolute Gasteiger partial charge is 0.394 e. The third-order valence-corrected chi connectivity index (χ3v) is 4.38. The molecule has 2 rings (SSSR count). The SMILES string of the molecule is CCc1nc(N[C@@H](CC)CO)c2cc(CC)sc2n1. The number of anilines is 1. The fourth-order valence-corrected chi connectivity index (χ4v) is 2.91. The van der Waals surface area contributed by atoms with Crippen LogP contribution in [0.5, 0.6) is 0 Å². The predicted octanol–water partition coefficient (Wildman–Crippen LogP) is 3.00. The molecule has 0 radical (unpaired) electrons. The highest BCUT2D eigenvalue weighted by Gasteiger charge is 2.13. The van der Waals surface area contributed by atoms with E-state index in [0.717, 1.165) is 41.1 Å². The summed E-state index contributed by atoms with van der Waals surface area (Å²) in [4.78, 5) is 11.5. The number of aliphatic hydroxyl groups is 1. The number of hydrogen-bond acceptors (Lipinski definition) is 5. The quantitative estimate of drug-likeness (QED) is 0.853. The number of aliphatic hydroxyl groups excluding tert-OH is 1. The lowest BCUT2D eigenvalue weighted by Crippen LogP contribution is -2.23. The van der Waals surface area contributed by atoms with E-state index < -0.39 is 0 Å². The zero-order chi connectivity index (χ0) is 13.8. The van der Waals surface area contributed by atoms with Gasteiger partial charge in [0.1, 0.15) is 16.5 Å². The van der Waals surface area contributed by atoms with Crippen molar-refractivity contribution in [2.45, 2.75) is 46.1 Å². The summed E-state index contributed by atoms with van der Waals surface area (Å²) in [7, 11) is 0. The van der Waals surface area contributed by atoms with Gasteiger partial charge in [-0.1, -0.05) is 20.8 Å². The third kappa shape index (κ3) is 3.04. The van der Waals surface area contributed by atoms with E-state index in [1.54, 1.807) is 11.3 Å². The number of rotatable bonds is 6. The van der Waals surface area contributed by atoms with Gasteiger partial charge in [0.2, 0.25) is 0 Å². The van der Waals surface area contributed by atoms with E-state index in [2.05, 4.69) is 42.1 Å². The van der Waals surface area contributed by atoms with Crippen LogP contribution in [0.15, 0.2) is 6.07 Å². The molecule has 2 N–H and O–H groups in total. The molecule has 2 aromatic rings. The van der Waals surface area contributed by atoms with Gasteiger partial charge in [0.15, 0.2) is 0 Å². The first-order valence-corrected chi connectivity index (χ1v) is 7.70. The first kappa shape index (κ1) is 14.2. The van der Waals surface area contributed by atoms with E-state index in [9.17, 15) is 5.11 Å². The van der Waals surface area contributed by atoms with Crippen LogP contribution in [0.25, 0.3) is 10.2 Å². The lowest BCUT2D eigenvalue weighted by Gasteiger charge is -2.15. The van der Waals surface area contributed by atoms with Crippen molar-refractivity contribution in [2.75, 3.05) is 11.9 Å². The molecular formula is C14H21N3OS. The molecule has 104 valence electrons. The van der Waals surface area contributed by atoms with Crippen LogP contribution in [0.3, 0.4) is 0 Å². The molecule has 0 amide bonds. The van der Waals surface area contributed by atoms with Gasteiger partial charge >= 0.3 is 0 Å². The monoisotopic (exact) mass is 279 g/mol. The fraction of sp³-hybridized carbons (Fsp3) is 0.571. The summed E-state index contributed by atoms with van der Waals surface area (Å²) in [5, 5.41) is 13.7. The summed E-state index contributed by atoms with van der Waals surface area (Å²) in [5.41, 5.74) is 0. The van der Waals surface area contributed by atoms with Crippen LogP contribution in [0.2, 0.25) is 0 Å². The van der Waals surface area contributed by atoms with Gasteiger partial charge in [-0.3, -0.25) is 0 Å². The van der Waals surface area contributed by atoms with Gasteiger partial charge in [0.25, 0.3) is 0 Å². The number of nitrogens with one attached hydrogen (secondary N) is 1. The Morgan fingerprint density at radius 3 is 2.63 bits per heavy atom. The minimum atomic E-state index is 0.0489. The van der Waals surface area contributed by atoms with Crippen molar-refractivity contribution in [1.29, 1.82) is 0 Å². The second-order valence-corrected chi connectivity index (χ2v) is 5.67. The van der Waals surface area contributed by atoms with Crippen molar-refractivity contribution in [3.8, 4) is 0 Å². The molecule has 19 heavy (non-hydrogen) atoms. The highest BCUT2D eigenvalue weighted by atomic mass is 32.1. The topological polar surface area (TPSA) is 58.0 Å². The smallest absolute Gasteiger partial charge is 0.138 e. The number of hydrogen-bond donors (Lipinski definition) is 2. The van der Waals surface area contributed by atoms with Gasteiger partial charge in [-0.2, -0.15) is 0 Å². The van der Waals surface area contributed by atoms with Gasteiger partial charge in [-0.25, -0.2) is 9.97 Å². The van der Waals surface area contributed by atoms with E-state index in [0.29, 0.717) is 0 Å². The Hall–Kier alpha value is -1.20. The maximum absolute atomic E-state index is 9.33. The highest BCUT2D eigenvalue weighted by molar-refractivity contribution is 7.18. The molecule has 0 aromatic carbocycles. The van der Waals surface area contributed by atoms with Crippen LogP contribution < -0.4 is 5.32 Å². The lowest BCUT2D eigenvalue weighted by molar-refractivity contribution is 0.271. The van der Waals surface area contributed by atoms with E-state index in [1.807, 2.05) is 0 Å². The first-order valence-electron chi connectivity index (χ1n) is 6.88. The minimum Gasteiger partial charge on any atom is -0.394 e. The molecule has 0 aliphatic carbocycles. The van der Waals surface area contributed by atoms with Gasteiger partial charge in [0.05, 0.1) is 18.0 Å². The molecule has 1 atom stereocenters. The third-order valence-electron chi connectivity index (χ3n) is 3.21. The minimum absolute atomic E-state index is 0.0489. The summed E-state index contributed by atoms with van der Waals surface area (Å²) >= 11 is 1.73. The van der Waals surface area contributed by atoms with Crippen LogP contribution in [-0.4, -0.2) is 27.7 Å². The Morgan fingerprint density at radius 2 is 2.05 bits per heavy atom. The highest BCUT2D eigenvalue weighted by Crippen LogP contribution is 2.29. The maximum Gasteiger partial charge on any atom is 0.138 e. The lowest BCUT2D eigenvalue weighted by atomic mass is 10.2. The molecule has 4 nitrogen and oxygen atoms in total. The number of fused-ring (bicyclic) bond motifs is 1. The Bertz CT molecular complexity index is 549. The summed E-state index contributed by atoms with van der Waals surface area (Å²) in [6.07, 6.45) is 2.70. The Labute approximate surface area is 117 Å². The van der Waals surface area contributed by atoms with Crippen molar-refractivity contribution >= 4 is 27.4 Å². The van der Waals surface area contributed by atoms with Gasteiger partial charge < -0.3 is 10.4 Å². The summed E-state index contributed by atoms with van der Waals surface area (Å²) in [6.45, 7) is 6.38. The molecule has 0 saturated heterocycles. The molecule has 0 saturated carbocycles. The Morgan fingerprint density at radius 1 is 1.26 bits per heavy atom. The van der Waals surface area contributed by atoms with Crippen molar-refractivity contribution in [2.24, 2.45) is 0 Å². The summed E-state index contributed by atoms with van der Waals surface area (Å²) in [5.74, 6) is 1.71. The average molecular weight is 279 g/mol. The zero-order valence-corrected chi connectivity index (χ0v) is 12.5. The molecule has 0 bridgehead atoms. The molecule has 0 unspecified atom stereocenters. The predicted molar refractivity (Wildman–Crippen MR) is 81.0 cm³/mol. The van der Waals surface area contributed by atoms with Crippen molar-refractivity contribution in [3.63, 3.8) is 0 Å². The molecular weight excluding hydrogens is 258 g/mol. The van der Waals surface area contributed by atoms with Crippen LogP contribution in [0.4, 0.5) is 5.82 Å². The first-order chi connectivity index (χ1) is 9.21. The summed E-state index contributed by atoms with van der Waals surface area (Å²) in [6, 6.07) is 2.21. The van der Waals surface area contributed by atoms with E-state index >= 15 is 0 Å². The zero-order valence-electron chi connectivity index (χ0n) is 11.7. The standard InChI is InChI=1S/C14H21N3OS/c1-4-9(8-18)15-13-11-7-10(5-2)19-14(11)17-12(6-3)16-13/h7,9,18H,4-6,8H2,1-3H3,(H,15,16,17)/t9-/m0/s1. The molecule has 0 aliphatic rings. The molecule has 2 heterocycles. The van der Waals surface area contributed by atoms with Crippen LogP contribution in [0, 0.1) is 0 Å². The van der Waals surface area contributed by atoms with Crippen molar-refractivity contribution in [3.05, 3.63) is 16.8 Å². The molecule has 5 heteroatoms. The number of nitrogens with zero attached hydrogens (tertiary/aromatic N) is 2. The molecule has 0 fully saturated rings. The summed E-state index contributed by atoms with van der Waals surface area (Å²) < 4.78 is 0. The number of aryl methyl sites for hydroxylation is 2. The second kappa shape index (κ2) is 6.30. The second-order valence-electron chi connectivity index (χ2n) is 4.56. The van der Waals surface area contributed by atoms with Gasteiger partial charge in [-0.05, 0) is 18.9 Å².